The maximum absolute atomic E-state index is 13.9. The van der Waals surface area contributed by atoms with Gasteiger partial charge >= 0.3 is 0 Å². The Balaban J connectivity index is 2.94. The molecule has 0 spiro atoms. The third-order valence-electron chi connectivity index (χ3n) is 1.91. The van der Waals surface area contributed by atoms with Crippen molar-refractivity contribution in [3.8, 4) is 0 Å². The van der Waals surface area contributed by atoms with Gasteiger partial charge in [-0.05, 0) is 51.0 Å². The van der Waals surface area contributed by atoms with E-state index < -0.39 is 9.85 Å². The first kappa shape index (κ1) is 14.6. The lowest BCUT2D eigenvalue weighted by molar-refractivity contribution is 0.000206. The lowest BCUT2D eigenvalue weighted by Crippen LogP contribution is -2.24. The minimum atomic E-state index is -2.72. The Kier molecular flexibility index (Phi) is 5.73. The van der Waals surface area contributed by atoms with Crippen LogP contribution in [-0.2, 0) is 5.92 Å². The van der Waals surface area contributed by atoms with Gasteiger partial charge in [-0.15, -0.1) is 11.3 Å². The van der Waals surface area contributed by atoms with Crippen LogP contribution < -0.4 is 0 Å². The van der Waals surface area contributed by atoms with Crippen molar-refractivity contribution in [1.29, 1.82) is 0 Å². The Bertz CT molecular complexity index is 321. The minimum absolute atomic E-state index is 0.159. The Hall–Kier alpha value is 1.50. The van der Waals surface area contributed by atoms with E-state index >= 15 is 0 Å². The Morgan fingerprint density at radius 3 is 2.60 bits per heavy atom. The van der Waals surface area contributed by atoms with Crippen LogP contribution in [0.2, 0.25) is 0 Å². The van der Waals surface area contributed by atoms with Crippen LogP contribution in [-0.4, -0.2) is 3.92 Å². The van der Waals surface area contributed by atoms with Crippen molar-refractivity contribution in [2.75, 3.05) is 0 Å². The molecule has 6 heteroatoms. The Morgan fingerprint density at radius 2 is 2.20 bits per heavy atom. The van der Waals surface area contributed by atoms with Gasteiger partial charge in [-0.1, -0.05) is 35.9 Å². The molecule has 0 radical (unpaired) electrons. The summed E-state index contributed by atoms with van der Waals surface area (Å²) in [5.41, 5.74) is 0. The van der Waals surface area contributed by atoms with Crippen molar-refractivity contribution < 1.29 is 8.78 Å². The largest absolute Gasteiger partial charge is 0.293 e. The van der Waals surface area contributed by atoms with Crippen molar-refractivity contribution in [2.24, 2.45) is 0 Å². The molecule has 0 aliphatic carbocycles. The van der Waals surface area contributed by atoms with Gasteiger partial charge in [0.05, 0.1) is 12.6 Å². The molecular weight excluding hydrogens is 512 g/mol. The molecular formula is C9H9BrF2I2S. The van der Waals surface area contributed by atoms with Gasteiger partial charge in [0.2, 0.25) is 0 Å². The number of hydrogen-bond donors (Lipinski definition) is 0. The molecule has 86 valence electrons. The van der Waals surface area contributed by atoms with E-state index in [0.717, 1.165) is 25.1 Å². The summed E-state index contributed by atoms with van der Waals surface area (Å²) in [6, 6.07) is 1.57. The van der Waals surface area contributed by atoms with Crippen molar-refractivity contribution in [1.82, 2.24) is 0 Å². The average Bonchev–Trinajstić information content (AvgIpc) is 2.48. The van der Waals surface area contributed by atoms with Crippen LogP contribution >= 0.6 is 72.4 Å². The molecule has 0 aromatic carbocycles. The summed E-state index contributed by atoms with van der Waals surface area (Å²) >= 11 is 8.31. The first-order valence-electron chi connectivity index (χ1n) is 4.36. The molecule has 0 saturated heterocycles. The lowest BCUT2D eigenvalue weighted by atomic mass is 10.1. The minimum Gasteiger partial charge on any atom is -0.199 e. The molecule has 0 fully saturated rings. The van der Waals surface area contributed by atoms with Crippen LogP contribution in [0.4, 0.5) is 8.78 Å². The summed E-state index contributed by atoms with van der Waals surface area (Å²) in [6.45, 7) is 1.93. The SMILES string of the molecule is CCCC(I)C(F)(F)c1cc(I)c(Br)s1. The Morgan fingerprint density at radius 1 is 1.60 bits per heavy atom. The van der Waals surface area contributed by atoms with E-state index in [4.69, 9.17) is 0 Å². The zero-order valence-electron chi connectivity index (χ0n) is 7.87. The number of halogens is 5. The molecule has 1 heterocycles. The summed E-state index contributed by atoms with van der Waals surface area (Å²) in [6.07, 6.45) is 1.33. The highest BCUT2D eigenvalue weighted by molar-refractivity contribution is 14.1. The maximum atomic E-state index is 13.9. The third kappa shape index (κ3) is 3.48. The van der Waals surface area contributed by atoms with Crippen LogP contribution in [0.15, 0.2) is 9.85 Å². The molecule has 0 aliphatic heterocycles. The molecule has 1 unspecified atom stereocenters. The maximum Gasteiger partial charge on any atom is 0.293 e. The van der Waals surface area contributed by atoms with Gasteiger partial charge in [0.15, 0.2) is 0 Å². The van der Waals surface area contributed by atoms with Gasteiger partial charge in [0, 0.05) is 3.57 Å². The topological polar surface area (TPSA) is 0 Å². The molecule has 0 nitrogen and oxygen atoms in total. The van der Waals surface area contributed by atoms with Gasteiger partial charge in [-0.2, -0.15) is 8.78 Å². The first-order valence-corrected chi connectivity index (χ1v) is 8.30. The van der Waals surface area contributed by atoms with Crippen molar-refractivity contribution in [2.45, 2.75) is 29.6 Å². The second kappa shape index (κ2) is 5.90. The molecule has 1 aromatic rings. The van der Waals surface area contributed by atoms with Crippen LogP contribution in [0.3, 0.4) is 0 Å². The lowest BCUT2D eigenvalue weighted by Gasteiger charge is -2.20. The van der Waals surface area contributed by atoms with E-state index in [1.165, 1.54) is 0 Å². The van der Waals surface area contributed by atoms with Crippen LogP contribution in [0.25, 0.3) is 0 Å². The number of rotatable bonds is 4. The zero-order valence-corrected chi connectivity index (χ0v) is 14.6. The quantitative estimate of drug-likeness (QED) is 0.347. The second-order valence-electron chi connectivity index (χ2n) is 3.11. The van der Waals surface area contributed by atoms with Gasteiger partial charge in [0.1, 0.15) is 0 Å². The Labute approximate surface area is 128 Å². The van der Waals surface area contributed by atoms with Crippen molar-refractivity contribution in [3.63, 3.8) is 0 Å². The first-order chi connectivity index (χ1) is 6.89. The number of thiophene rings is 1. The fourth-order valence-electron chi connectivity index (χ4n) is 1.10. The summed E-state index contributed by atoms with van der Waals surface area (Å²) in [7, 11) is 0. The van der Waals surface area contributed by atoms with E-state index in [0.29, 0.717) is 6.42 Å². The van der Waals surface area contributed by atoms with E-state index in [1.54, 1.807) is 6.07 Å². The predicted molar refractivity (Wildman–Crippen MR) is 81.3 cm³/mol. The predicted octanol–water partition coefficient (Wildman–Crippen LogP) is 5.81. The molecule has 1 rings (SSSR count). The van der Waals surface area contributed by atoms with E-state index in [-0.39, 0.29) is 4.88 Å². The molecule has 1 aromatic heterocycles. The van der Waals surface area contributed by atoms with Crippen LogP contribution in [0, 0.1) is 3.57 Å². The normalized spacial score (nSPS) is 14.3. The highest BCUT2D eigenvalue weighted by Crippen LogP contribution is 2.44. The zero-order chi connectivity index (χ0) is 11.6. The van der Waals surface area contributed by atoms with Crippen molar-refractivity contribution >= 4 is 72.4 Å². The van der Waals surface area contributed by atoms with Gasteiger partial charge in [0.25, 0.3) is 5.92 Å². The molecule has 0 N–H and O–H groups in total. The fourth-order valence-corrected chi connectivity index (χ4v) is 4.56. The van der Waals surface area contributed by atoms with Gasteiger partial charge in [-0.25, -0.2) is 0 Å². The van der Waals surface area contributed by atoms with E-state index in [9.17, 15) is 8.78 Å². The molecule has 15 heavy (non-hydrogen) atoms. The van der Waals surface area contributed by atoms with E-state index in [1.807, 2.05) is 29.5 Å². The van der Waals surface area contributed by atoms with Gasteiger partial charge in [-0.3, -0.25) is 0 Å². The smallest absolute Gasteiger partial charge is 0.199 e. The summed E-state index contributed by atoms with van der Waals surface area (Å²) in [5.74, 6) is -2.72. The number of hydrogen-bond acceptors (Lipinski definition) is 1. The highest BCUT2D eigenvalue weighted by Gasteiger charge is 2.40. The highest BCUT2D eigenvalue weighted by atomic mass is 127. The number of alkyl halides is 3. The van der Waals surface area contributed by atoms with Gasteiger partial charge < -0.3 is 0 Å². The third-order valence-corrected chi connectivity index (χ3v) is 7.19. The van der Waals surface area contributed by atoms with Crippen molar-refractivity contribution in [3.05, 3.63) is 18.3 Å². The molecule has 0 amide bonds. The molecule has 1 atom stereocenters. The van der Waals surface area contributed by atoms with Crippen LogP contribution in [0.5, 0.6) is 0 Å². The molecule has 0 aliphatic rings. The van der Waals surface area contributed by atoms with E-state index in [2.05, 4.69) is 38.5 Å². The monoisotopic (exact) mass is 520 g/mol. The second-order valence-corrected chi connectivity index (χ2v) is 8.15. The summed E-state index contributed by atoms with van der Waals surface area (Å²) in [4.78, 5) is 0.159. The average molecular weight is 521 g/mol. The van der Waals surface area contributed by atoms with Crippen LogP contribution in [0.1, 0.15) is 24.6 Å². The molecule has 0 saturated carbocycles. The standard InChI is InChI=1S/C9H9BrF2I2S/c1-2-3-6(14)9(11,12)7-4-5(13)8(10)15-7/h4,6H,2-3H2,1H3. The summed E-state index contributed by atoms with van der Waals surface area (Å²) in [5, 5.41) is 0. The fraction of sp³-hybridized carbons (Fsp3) is 0.556. The summed E-state index contributed by atoms with van der Waals surface area (Å²) < 4.78 is 28.8. The molecule has 0 bridgehead atoms.